The molecule has 0 aliphatic rings. The molecular weight excluding hydrogens is 184 g/mol. The fourth-order valence-corrected chi connectivity index (χ4v) is 0.902. The number of carbonyl (C=O) groups is 1. The second kappa shape index (κ2) is 3.36. The lowest BCUT2D eigenvalue weighted by Crippen LogP contribution is -1.96. The van der Waals surface area contributed by atoms with E-state index in [0.29, 0.717) is 5.56 Å². The summed E-state index contributed by atoms with van der Waals surface area (Å²) in [5, 5.41) is 9.37. The molecule has 0 fully saturated rings. The van der Waals surface area contributed by atoms with Crippen molar-refractivity contribution >= 4 is 16.8 Å². The van der Waals surface area contributed by atoms with Gasteiger partial charge in [0.1, 0.15) is 0 Å². The van der Waals surface area contributed by atoms with E-state index in [4.69, 9.17) is 11.6 Å². The number of H-pyrrole nitrogens is 1. The van der Waals surface area contributed by atoms with Crippen LogP contribution < -0.4 is 0 Å². The molecule has 0 aromatic carbocycles. The van der Waals surface area contributed by atoms with Gasteiger partial charge in [-0.3, -0.25) is 14.9 Å². The van der Waals surface area contributed by atoms with Crippen molar-refractivity contribution in [2.45, 2.75) is 6.54 Å². The maximum Gasteiger partial charge on any atom is 0.268 e. The third-order valence-corrected chi connectivity index (χ3v) is 1.47. The Morgan fingerprint density at radius 1 is 1.75 bits per heavy atom. The maximum atomic E-state index is 10.5. The summed E-state index contributed by atoms with van der Waals surface area (Å²) in [5.74, 6) is 0. The van der Waals surface area contributed by atoms with Crippen molar-refractivity contribution < 1.29 is 9.72 Å². The topological polar surface area (TPSA) is 76.0 Å². The van der Waals surface area contributed by atoms with Gasteiger partial charge in [0.15, 0.2) is 0 Å². The Morgan fingerprint density at radius 3 is 2.83 bits per heavy atom. The zero-order chi connectivity index (χ0) is 9.14. The molecule has 0 aliphatic heterocycles. The average Bonchev–Trinajstić information content (AvgIpc) is 2.34. The zero-order valence-electron chi connectivity index (χ0n) is 5.91. The molecule has 1 N–H and O–H groups in total. The van der Waals surface area contributed by atoms with Crippen molar-refractivity contribution in [1.29, 1.82) is 0 Å². The van der Waals surface area contributed by atoms with Crippen molar-refractivity contribution in [2.24, 2.45) is 0 Å². The van der Waals surface area contributed by atoms with E-state index >= 15 is 0 Å². The van der Waals surface area contributed by atoms with Crippen molar-refractivity contribution in [3.63, 3.8) is 0 Å². The summed E-state index contributed by atoms with van der Waals surface area (Å²) in [4.78, 5) is 22.6. The summed E-state index contributed by atoms with van der Waals surface area (Å²) in [6.45, 7) is -0.305. The monoisotopic (exact) mass is 188 g/mol. The summed E-state index contributed by atoms with van der Waals surface area (Å²) in [5.41, 5.74) is 0.609. The quantitative estimate of drug-likeness (QED) is 0.440. The normalized spacial score (nSPS) is 9.75. The summed E-state index contributed by atoms with van der Waals surface area (Å²) in [6, 6.07) is 1.36. The van der Waals surface area contributed by atoms with E-state index in [-0.39, 0.29) is 12.2 Å². The lowest BCUT2D eigenvalue weighted by atomic mass is 10.3. The number of rotatable bonds is 3. The van der Waals surface area contributed by atoms with E-state index in [1.54, 1.807) is 0 Å². The maximum absolute atomic E-state index is 10.5. The Bertz CT molecular complexity index is 320. The molecule has 0 atom stereocenters. The molecule has 64 valence electrons. The van der Waals surface area contributed by atoms with Gasteiger partial charge in [-0.15, -0.1) is 0 Å². The molecule has 1 aromatic heterocycles. The zero-order valence-corrected chi connectivity index (χ0v) is 6.67. The van der Waals surface area contributed by atoms with Gasteiger partial charge >= 0.3 is 0 Å². The van der Waals surface area contributed by atoms with Crippen LogP contribution >= 0.6 is 11.6 Å². The molecule has 1 rings (SSSR count). The number of nitrogens with one attached hydrogen (secondary N) is 1. The van der Waals surface area contributed by atoms with Gasteiger partial charge in [-0.25, -0.2) is 0 Å². The Morgan fingerprint density at radius 2 is 2.42 bits per heavy atom. The smallest absolute Gasteiger partial charge is 0.268 e. The lowest BCUT2D eigenvalue weighted by Gasteiger charge is -1.85. The fraction of sp³-hybridized carbons (Fsp3) is 0.167. The molecule has 0 unspecified atom stereocenters. The lowest BCUT2D eigenvalue weighted by molar-refractivity contribution is -0.496. The Hall–Kier alpha value is -1.36. The minimum atomic E-state index is -0.649. The first-order valence-electron chi connectivity index (χ1n) is 3.08. The molecule has 0 spiro atoms. The summed E-state index contributed by atoms with van der Waals surface area (Å²) < 4.78 is 0. The summed E-state index contributed by atoms with van der Waals surface area (Å²) in [7, 11) is 0. The highest BCUT2D eigenvalue weighted by molar-refractivity contribution is 6.67. The molecule has 0 saturated carbocycles. The third kappa shape index (κ3) is 2.06. The minimum Gasteiger partial charge on any atom is -0.357 e. The molecule has 12 heavy (non-hydrogen) atoms. The van der Waals surface area contributed by atoms with Crippen molar-refractivity contribution in [1.82, 2.24) is 4.98 Å². The Kier molecular flexibility index (Phi) is 2.44. The molecule has 0 saturated heterocycles. The number of aromatic amines is 1. The number of hydrogen-bond donors (Lipinski definition) is 1. The molecule has 1 aromatic rings. The molecule has 5 nitrogen and oxygen atoms in total. The fourth-order valence-electron chi connectivity index (χ4n) is 0.793. The minimum absolute atomic E-state index is 0.175. The van der Waals surface area contributed by atoms with Gasteiger partial charge in [-0.05, 0) is 17.7 Å². The van der Waals surface area contributed by atoms with Crippen molar-refractivity contribution in [3.8, 4) is 0 Å². The standard InChI is InChI=1S/C6H5ClN2O3/c7-6(10)5-1-4(2-8-5)3-9(11)12/h1-2,8H,3H2. The Labute approximate surface area is 72.5 Å². The van der Waals surface area contributed by atoms with Gasteiger partial charge in [0.2, 0.25) is 6.54 Å². The van der Waals surface area contributed by atoms with Crippen molar-refractivity contribution in [2.75, 3.05) is 0 Å². The molecular formula is C6H5ClN2O3. The molecule has 6 heteroatoms. The largest absolute Gasteiger partial charge is 0.357 e. The van der Waals surface area contributed by atoms with Crippen LogP contribution in [0.3, 0.4) is 0 Å². The average molecular weight is 189 g/mol. The van der Waals surface area contributed by atoms with Gasteiger partial charge in [0.05, 0.1) is 5.69 Å². The van der Waals surface area contributed by atoms with Crippen LogP contribution in [0.25, 0.3) is 0 Å². The molecule has 0 amide bonds. The van der Waals surface area contributed by atoms with Crippen LogP contribution in [-0.2, 0) is 6.54 Å². The van der Waals surface area contributed by atoms with Gasteiger partial charge in [0, 0.05) is 16.7 Å². The second-order valence-corrected chi connectivity index (χ2v) is 2.53. The van der Waals surface area contributed by atoms with Crippen LogP contribution in [0.5, 0.6) is 0 Å². The number of halogens is 1. The van der Waals surface area contributed by atoms with Gasteiger partial charge in [-0.1, -0.05) is 0 Å². The molecule has 0 bridgehead atoms. The number of carbonyl (C=O) groups excluding carboxylic acids is 1. The highest BCUT2D eigenvalue weighted by atomic mass is 35.5. The van der Waals surface area contributed by atoms with E-state index in [1.807, 2.05) is 0 Å². The first-order valence-corrected chi connectivity index (χ1v) is 3.46. The third-order valence-electron chi connectivity index (χ3n) is 1.27. The Balaban J connectivity index is 2.77. The summed E-state index contributed by atoms with van der Waals surface area (Å²) in [6.07, 6.45) is 1.39. The number of nitro groups is 1. The highest BCUT2D eigenvalue weighted by Gasteiger charge is 2.08. The van der Waals surface area contributed by atoms with Crippen LogP contribution in [0.2, 0.25) is 0 Å². The summed E-state index contributed by atoms with van der Waals surface area (Å²) >= 11 is 5.11. The molecule has 1 heterocycles. The van der Waals surface area contributed by atoms with Gasteiger partial charge in [-0.2, -0.15) is 0 Å². The van der Waals surface area contributed by atoms with Crippen LogP contribution in [0.15, 0.2) is 12.3 Å². The second-order valence-electron chi connectivity index (χ2n) is 2.19. The van der Waals surface area contributed by atoms with Crippen LogP contribution in [0.4, 0.5) is 0 Å². The van der Waals surface area contributed by atoms with Crippen LogP contribution in [0, 0.1) is 10.1 Å². The first kappa shape index (κ1) is 8.73. The van der Waals surface area contributed by atoms with Gasteiger partial charge < -0.3 is 4.98 Å². The first-order chi connectivity index (χ1) is 5.59. The van der Waals surface area contributed by atoms with E-state index in [1.165, 1.54) is 12.3 Å². The predicted molar refractivity (Wildman–Crippen MR) is 41.7 cm³/mol. The van der Waals surface area contributed by atoms with Crippen LogP contribution in [-0.4, -0.2) is 15.1 Å². The van der Waals surface area contributed by atoms with Crippen LogP contribution in [0.1, 0.15) is 16.1 Å². The molecule has 0 aliphatic carbocycles. The van der Waals surface area contributed by atoms with E-state index < -0.39 is 10.2 Å². The SMILES string of the molecule is O=C(Cl)c1cc(C[N+](=O)[O-])c[nH]1. The number of aromatic nitrogens is 1. The van der Waals surface area contributed by atoms with Crippen molar-refractivity contribution in [3.05, 3.63) is 33.6 Å². The van der Waals surface area contributed by atoms with E-state index in [2.05, 4.69) is 4.98 Å². The number of nitrogens with zero attached hydrogens (tertiary/aromatic N) is 1. The number of hydrogen-bond acceptors (Lipinski definition) is 3. The highest BCUT2D eigenvalue weighted by Crippen LogP contribution is 2.06. The van der Waals surface area contributed by atoms with E-state index in [0.717, 1.165) is 0 Å². The molecule has 0 radical (unpaired) electrons. The van der Waals surface area contributed by atoms with Gasteiger partial charge in [0.25, 0.3) is 5.24 Å². The predicted octanol–water partition coefficient (Wildman–Crippen LogP) is 1.17. The van der Waals surface area contributed by atoms with E-state index in [9.17, 15) is 14.9 Å².